The molecule has 0 atom stereocenters. The third-order valence-corrected chi connectivity index (χ3v) is 5.88. The Morgan fingerprint density at radius 2 is 1.93 bits per heavy atom. The highest BCUT2D eigenvalue weighted by Crippen LogP contribution is 2.32. The van der Waals surface area contributed by atoms with Gasteiger partial charge in [-0.15, -0.1) is 0 Å². The number of hydrogen-bond acceptors (Lipinski definition) is 5. The zero-order valence-corrected chi connectivity index (χ0v) is 18.1. The summed E-state index contributed by atoms with van der Waals surface area (Å²) in [4.78, 5) is 8.59. The molecule has 30 heavy (non-hydrogen) atoms. The number of nitrogens with zero attached hydrogens (tertiary/aromatic N) is 2. The first kappa shape index (κ1) is 22.3. The number of rotatable bonds is 9. The standard InChI is InChI=1S/C23H28F2N4S/c1-15(2)30-16(3)18-5-6-19-13-27-23(12-20(19)11-18)28-17(4)29-9-7-21(8-10-29)26-14-22(24)25/h5-6,11-13,21-22,26H,1,3-4,7-10,14H2,2H3,(H,27,28). The molecule has 0 saturated carbocycles. The van der Waals surface area contributed by atoms with Gasteiger partial charge in [0.05, 0.1) is 12.4 Å². The predicted octanol–water partition coefficient (Wildman–Crippen LogP) is 5.67. The second-order valence-corrected chi connectivity index (χ2v) is 8.88. The molecule has 1 fully saturated rings. The van der Waals surface area contributed by atoms with Gasteiger partial charge in [-0.3, -0.25) is 0 Å². The second kappa shape index (κ2) is 10.1. The van der Waals surface area contributed by atoms with Gasteiger partial charge in [0.15, 0.2) is 0 Å². The maximum atomic E-state index is 12.4. The summed E-state index contributed by atoms with van der Waals surface area (Å²) >= 11 is 1.57. The number of nitrogens with one attached hydrogen (secondary N) is 2. The fourth-order valence-electron chi connectivity index (χ4n) is 3.49. The summed E-state index contributed by atoms with van der Waals surface area (Å²) < 4.78 is 24.7. The minimum atomic E-state index is -2.31. The van der Waals surface area contributed by atoms with Crippen molar-refractivity contribution in [3.05, 3.63) is 66.5 Å². The van der Waals surface area contributed by atoms with E-state index in [-0.39, 0.29) is 12.6 Å². The number of anilines is 1. The number of pyridine rings is 1. The lowest BCUT2D eigenvalue weighted by molar-refractivity contribution is 0.133. The van der Waals surface area contributed by atoms with E-state index < -0.39 is 6.43 Å². The molecule has 0 unspecified atom stereocenters. The Labute approximate surface area is 181 Å². The number of alkyl halides is 2. The van der Waals surface area contributed by atoms with Crippen LogP contribution >= 0.6 is 11.8 Å². The number of thioether (sulfide) groups is 1. The molecule has 160 valence electrons. The van der Waals surface area contributed by atoms with Crippen molar-refractivity contribution in [2.45, 2.75) is 32.2 Å². The Hall–Kier alpha value is -2.38. The summed E-state index contributed by atoms with van der Waals surface area (Å²) in [7, 11) is 0. The minimum Gasteiger partial charge on any atom is -0.359 e. The molecular weight excluding hydrogens is 402 g/mol. The Bertz CT molecular complexity index is 936. The molecule has 1 aliphatic heterocycles. The molecule has 2 N–H and O–H groups in total. The molecule has 0 spiro atoms. The van der Waals surface area contributed by atoms with E-state index in [4.69, 9.17) is 0 Å². The molecule has 1 saturated heterocycles. The van der Waals surface area contributed by atoms with Crippen LogP contribution in [0.2, 0.25) is 0 Å². The molecule has 3 rings (SSSR count). The fraction of sp³-hybridized carbons (Fsp3) is 0.348. The van der Waals surface area contributed by atoms with E-state index in [9.17, 15) is 8.78 Å². The molecule has 4 nitrogen and oxygen atoms in total. The molecule has 0 bridgehead atoms. The van der Waals surface area contributed by atoms with Crippen molar-refractivity contribution in [2.75, 3.05) is 25.0 Å². The van der Waals surface area contributed by atoms with Crippen LogP contribution < -0.4 is 10.6 Å². The smallest absolute Gasteiger partial charge is 0.250 e. The van der Waals surface area contributed by atoms with Crippen molar-refractivity contribution in [1.82, 2.24) is 15.2 Å². The average Bonchev–Trinajstić information content (AvgIpc) is 2.71. The van der Waals surface area contributed by atoms with Crippen LogP contribution in [-0.2, 0) is 0 Å². The van der Waals surface area contributed by atoms with E-state index >= 15 is 0 Å². The van der Waals surface area contributed by atoms with Crippen LogP contribution in [0, 0.1) is 0 Å². The second-order valence-electron chi connectivity index (χ2n) is 7.49. The number of allylic oxidation sites excluding steroid dienone is 1. The normalized spacial score (nSPS) is 14.9. The number of piperidine rings is 1. The summed E-state index contributed by atoms with van der Waals surface area (Å²) in [6.07, 6.45) is 1.15. The van der Waals surface area contributed by atoms with Crippen LogP contribution in [0.5, 0.6) is 0 Å². The maximum Gasteiger partial charge on any atom is 0.250 e. The Balaban J connectivity index is 1.62. The molecule has 0 amide bonds. The van der Waals surface area contributed by atoms with E-state index in [1.54, 1.807) is 11.8 Å². The Morgan fingerprint density at radius 3 is 2.60 bits per heavy atom. The summed E-state index contributed by atoms with van der Waals surface area (Å²) in [5.74, 6) is 1.49. The van der Waals surface area contributed by atoms with E-state index in [2.05, 4.69) is 46.3 Å². The van der Waals surface area contributed by atoms with E-state index in [0.29, 0.717) is 0 Å². The first-order valence-corrected chi connectivity index (χ1v) is 10.8. The van der Waals surface area contributed by atoms with Gasteiger partial charge in [-0.1, -0.05) is 43.6 Å². The van der Waals surface area contributed by atoms with Gasteiger partial charge < -0.3 is 15.5 Å². The van der Waals surface area contributed by atoms with Crippen molar-refractivity contribution in [3.63, 3.8) is 0 Å². The van der Waals surface area contributed by atoms with Crippen molar-refractivity contribution < 1.29 is 8.78 Å². The number of benzene rings is 1. The van der Waals surface area contributed by atoms with Crippen LogP contribution in [0.15, 0.2) is 60.9 Å². The van der Waals surface area contributed by atoms with Crippen molar-refractivity contribution in [3.8, 4) is 0 Å². The summed E-state index contributed by atoms with van der Waals surface area (Å²) in [6, 6.07) is 8.31. The predicted molar refractivity (Wildman–Crippen MR) is 125 cm³/mol. The van der Waals surface area contributed by atoms with Gasteiger partial charge in [-0.2, -0.15) is 0 Å². The van der Waals surface area contributed by atoms with E-state index in [1.165, 1.54) is 0 Å². The topological polar surface area (TPSA) is 40.2 Å². The number of hydrogen-bond donors (Lipinski definition) is 2. The average molecular weight is 431 g/mol. The van der Waals surface area contributed by atoms with Crippen LogP contribution in [0.25, 0.3) is 15.7 Å². The molecule has 1 aliphatic rings. The number of fused-ring (bicyclic) bond motifs is 1. The van der Waals surface area contributed by atoms with Gasteiger partial charge in [-0.05, 0) is 47.8 Å². The van der Waals surface area contributed by atoms with E-state index in [0.717, 1.165) is 63.7 Å². The van der Waals surface area contributed by atoms with Crippen LogP contribution in [0.4, 0.5) is 14.6 Å². The highest BCUT2D eigenvalue weighted by atomic mass is 32.2. The Morgan fingerprint density at radius 1 is 1.20 bits per heavy atom. The minimum absolute atomic E-state index is 0.130. The van der Waals surface area contributed by atoms with Crippen LogP contribution in [0.3, 0.4) is 0 Å². The monoisotopic (exact) mass is 430 g/mol. The third kappa shape index (κ3) is 6.06. The maximum absolute atomic E-state index is 12.4. The SMILES string of the molecule is C=C(C)SC(=C)c1ccc2cnc(NC(=C)N3CCC(NCC(F)F)CC3)cc2c1. The summed E-state index contributed by atoms with van der Waals surface area (Å²) in [5.41, 5.74) is 1.06. The van der Waals surface area contributed by atoms with Crippen LogP contribution in [-0.4, -0.2) is 42.0 Å². The molecule has 7 heteroatoms. The van der Waals surface area contributed by atoms with Gasteiger partial charge in [0, 0.05) is 35.6 Å². The lowest BCUT2D eigenvalue weighted by atomic mass is 10.1. The lowest BCUT2D eigenvalue weighted by Crippen LogP contribution is -2.44. The number of halogens is 2. The van der Waals surface area contributed by atoms with Crippen molar-refractivity contribution in [2.24, 2.45) is 0 Å². The molecule has 1 aromatic heterocycles. The van der Waals surface area contributed by atoms with Gasteiger partial charge in [0.1, 0.15) is 5.82 Å². The molecule has 2 aromatic rings. The quantitative estimate of drug-likeness (QED) is 0.536. The zero-order valence-electron chi connectivity index (χ0n) is 17.3. The molecule has 2 heterocycles. The van der Waals surface area contributed by atoms with Gasteiger partial charge in [-0.25, -0.2) is 13.8 Å². The fourth-order valence-corrected chi connectivity index (χ4v) is 4.15. The third-order valence-electron chi connectivity index (χ3n) is 5.05. The first-order valence-electron chi connectivity index (χ1n) is 9.96. The van der Waals surface area contributed by atoms with Crippen LogP contribution in [0.1, 0.15) is 25.3 Å². The lowest BCUT2D eigenvalue weighted by Gasteiger charge is -2.35. The summed E-state index contributed by atoms with van der Waals surface area (Å²) in [6.45, 7) is 15.5. The molecule has 0 aliphatic carbocycles. The van der Waals surface area contributed by atoms with Crippen molar-refractivity contribution in [1.29, 1.82) is 0 Å². The zero-order chi connectivity index (χ0) is 21.7. The van der Waals surface area contributed by atoms with Gasteiger partial charge in [0.2, 0.25) is 0 Å². The number of likely N-dealkylation sites (tertiary alicyclic amines) is 1. The molecular formula is C23H28F2N4S. The van der Waals surface area contributed by atoms with Gasteiger partial charge >= 0.3 is 0 Å². The highest BCUT2D eigenvalue weighted by Gasteiger charge is 2.20. The van der Waals surface area contributed by atoms with Gasteiger partial charge in [0.25, 0.3) is 6.43 Å². The summed E-state index contributed by atoms with van der Waals surface area (Å²) in [5, 5.41) is 8.33. The van der Waals surface area contributed by atoms with E-state index in [1.807, 2.05) is 31.3 Å². The Kier molecular flexibility index (Phi) is 7.50. The number of aromatic nitrogens is 1. The molecule has 0 radical (unpaired) electrons. The first-order chi connectivity index (χ1) is 14.3. The highest BCUT2D eigenvalue weighted by molar-refractivity contribution is 8.11. The van der Waals surface area contributed by atoms with Crippen molar-refractivity contribution >= 4 is 33.3 Å². The largest absolute Gasteiger partial charge is 0.359 e. The molecule has 1 aromatic carbocycles.